The molecular weight excluding hydrogens is 341 g/mol. The summed E-state index contributed by atoms with van der Waals surface area (Å²) in [5.41, 5.74) is 0.520. The molecule has 0 heterocycles. The lowest BCUT2D eigenvalue weighted by Gasteiger charge is -2.47. The SMILES string of the molecule is C[Si](C)(C)O[Si](O[Si](C)(C)C)(O[Si](C)(C)C)C1CCCCC1. The Morgan fingerprint density at radius 1 is 0.545 bits per heavy atom. The molecule has 7 heteroatoms. The molecule has 0 spiro atoms. The summed E-state index contributed by atoms with van der Waals surface area (Å²) in [6, 6.07) is 0. The van der Waals surface area contributed by atoms with E-state index in [-0.39, 0.29) is 0 Å². The van der Waals surface area contributed by atoms with E-state index in [4.69, 9.17) is 12.3 Å². The lowest BCUT2D eigenvalue weighted by atomic mass is 10.0. The molecule has 1 aliphatic rings. The average molecular weight is 379 g/mol. The van der Waals surface area contributed by atoms with E-state index in [1.165, 1.54) is 32.1 Å². The molecule has 0 N–H and O–H groups in total. The third-order valence-electron chi connectivity index (χ3n) is 3.45. The topological polar surface area (TPSA) is 27.7 Å². The predicted octanol–water partition coefficient (Wildman–Crippen LogP) is 5.81. The monoisotopic (exact) mass is 378 g/mol. The first-order chi connectivity index (χ1) is 9.73. The van der Waals surface area contributed by atoms with Crippen molar-refractivity contribution >= 4 is 33.8 Å². The van der Waals surface area contributed by atoms with Gasteiger partial charge < -0.3 is 12.3 Å². The Morgan fingerprint density at radius 2 is 0.864 bits per heavy atom. The van der Waals surface area contributed by atoms with Crippen LogP contribution in [0.3, 0.4) is 0 Å². The Morgan fingerprint density at radius 3 is 1.14 bits per heavy atom. The molecule has 0 aromatic heterocycles. The van der Waals surface area contributed by atoms with Crippen molar-refractivity contribution < 1.29 is 12.3 Å². The Balaban J connectivity index is 3.20. The minimum atomic E-state index is -2.62. The van der Waals surface area contributed by atoms with E-state index in [1.54, 1.807) is 0 Å². The summed E-state index contributed by atoms with van der Waals surface area (Å²) >= 11 is 0. The molecule has 3 nitrogen and oxygen atoms in total. The molecule has 0 aromatic rings. The van der Waals surface area contributed by atoms with Crippen molar-refractivity contribution in [2.45, 2.75) is 96.6 Å². The van der Waals surface area contributed by atoms with E-state index in [2.05, 4.69) is 58.9 Å². The molecule has 1 aliphatic carbocycles. The molecule has 0 amide bonds. The number of hydrogen-bond donors (Lipinski definition) is 0. The standard InChI is InChI=1S/C15H38O3Si4/c1-19(2,3)16-22(17-20(4,5)6,18-21(7,8)9)15-13-11-10-12-14-15/h15H,10-14H2,1-9H3. The van der Waals surface area contributed by atoms with Gasteiger partial charge in [-0.2, -0.15) is 0 Å². The van der Waals surface area contributed by atoms with Crippen molar-refractivity contribution in [2.75, 3.05) is 0 Å². The highest BCUT2D eigenvalue weighted by molar-refractivity contribution is 6.90. The third kappa shape index (κ3) is 7.54. The molecule has 0 unspecified atom stereocenters. The van der Waals surface area contributed by atoms with Crippen LogP contribution in [0.4, 0.5) is 0 Å². The maximum atomic E-state index is 6.82. The van der Waals surface area contributed by atoms with Crippen LogP contribution in [0.15, 0.2) is 0 Å². The molecule has 0 radical (unpaired) electrons. The lowest BCUT2D eigenvalue weighted by molar-refractivity contribution is 0.219. The second kappa shape index (κ2) is 7.33. The Kier molecular flexibility index (Phi) is 6.92. The highest BCUT2D eigenvalue weighted by atomic mass is 28.5. The summed E-state index contributed by atoms with van der Waals surface area (Å²) in [5, 5.41) is 0. The summed E-state index contributed by atoms with van der Waals surface area (Å²) in [6.07, 6.45) is 6.42. The van der Waals surface area contributed by atoms with Gasteiger partial charge in [0.1, 0.15) is 0 Å². The molecule has 22 heavy (non-hydrogen) atoms. The maximum Gasteiger partial charge on any atom is 0.472 e. The zero-order valence-corrected chi connectivity index (χ0v) is 20.3. The summed E-state index contributed by atoms with van der Waals surface area (Å²) < 4.78 is 20.5. The zero-order chi connectivity index (χ0) is 17.2. The highest BCUT2D eigenvalue weighted by Gasteiger charge is 2.55. The molecule has 0 bridgehead atoms. The van der Waals surface area contributed by atoms with Crippen molar-refractivity contribution in [3.63, 3.8) is 0 Å². The van der Waals surface area contributed by atoms with Gasteiger partial charge in [0.25, 0.3) is 0 Å². The fourth-order valence-electron chi connectivity index (χ4n) is 3.05. The summed E-state index contributed by atoms with van der Waals surface area (Å²) in [7, 11) is -7.78. The van der Waals surface area contributed by atoms with Crippen molar-refractivity contribution in [3.8, 4) is 0 Å². The van der Waals surface area contributed by atoms with Crippen LogP contribution in [-0.4, -0.2) is 33.8 Å². The molecule has 1 rings (SSSR count). The first-order valence-corrected chi connectivity index (χ1v) is 20.9. The highest BCUT2D eigenvalue weighted by Crippen LogP contribution is 2.42. The molecule has 0 atom stereocenters. The van der Waals surface area contributed by atoms with Crippen molar-refractivity contribution in [2.24, 2.45) is 0 Å². The second-order valence-electron chi connectivity index (χ2n) is 9.58. The van der Waals surface area contributed by atoms with Gasteiger partial charge in [-0.15, -0.1) is 0 Å². The van der Waals surface area contributed by atoms with E-state index in [9.17, 15) is 0 Å². The minimum absolute atomic E-state index is 0.520. The summed E-state index contributed by atoms with van der Waals surface area (Å²) in [6.45, 7) is 20.5. The molecule has 1 saturated carbocycles. The van der Waals surface area contributed by atoms with Crippen LogP contribution in [-0.2, 0) is 12.3 Å². The van der Waals surface area contributed by atoms with Gasteiger partial charge in [0.2, 0.25) is 0 Å². The van der Waals surface area contributed by atoms with Crippen LogP contribution in [0.2, 0.25) is 64.5 Å². The van der Waals surface area contributed by atoms with E-state index in [0.29, 0.717) is 5.54 Å². The lowest BCUT2D eigenvalue weighted by Crippen LogP contribution is -2.63. The molecule has 132 valence electrons. The van der Waals surface area contributed by atoms with Crippen LogP contribution < -0.4 is 0 Å². The van der Waals surface area contributed by atoms with Gasteiger partial charge in [0.15, 0.2) is 25.0 Å². The quantitative estimate of drug-likeness (QED) is 0.523. The van der Waals surface area contributed by atoms with E-state index >= 15 is 0 Å². The van der Waals surface area contributed by atoms with Gasteiger partial charge in [0.05, 0.1) is 0 Å². The van der Waals surface area contributed by atoms with Crippen molar-refractivity contribution in [3.05, 3.63) is 0 Å². The van der Waals surface area contributed by atoms with Crippen LogP contribution in [0.5, 0.6) is 0 Å². The molecular formula is C15H38O3Si4. The van der Waals surface area contributed by atoms with Gasteiger partial charge in [0, 0.05) is 5.54 Å². The van der Waals surface area contributed by atoms with Gasteiger partial charge >= 0.3 is 8.80 Å². The fraction of sp³-hybridized carbons (Fsp3) is 1.00. The van der Waals surface area contributed by atoms with Crippen LogP contribution in [0.25, 0.3) is 0 Å². The Labute approximate surface area is 142 Å². The van der Waals surface area contributed by atoms with Gasteiger partial charge in [-0.05, 0) is 71.8 Å². The minimum Gasteiger partial charge on any atom is -0.417 e. The van der Waals surface area contributed by atoms with Gasteiger partial charge in [-0.3, -0.25) is 0 Å². The molecule has 0 aliphatic heterocycles. The first kappa shape index (κ1) is 20.8. The molecule has 0 saturated heterocycles. The van der Waals surface area contributed by atoms with Gasteiger partial charge in [-0.25, -0.2) is 0 Å². The molecule has 0 aromatic carbocycles. The largest absolute Gasteiger partial charge is 0.472 e. The Bertz CT molecular complexity index is 308. The van der Waals surface area contributed by atoms with Gasteiger partial charge in [-0.1, -0.05) is 19.3 Å². The van der Waals surface area contributed by atoms with E-state index in [1.807, 2.05) is 0 Å². The van der Waals surface area contributed by atoms with E-state index in [0.717, 1.165) is 0 Å². The third-order valence-corrected chi connectivity index (χ3v) is 15.8. The fourth-order valence-corrected chi connectivity index (χ4v) is 18.0. The second-order valence-corrected chi connectivity index (χ2v) is 26.7. The van der Waals surface area contributed by atoms with Crippen LogP contribution >= 0.6 is 0 Å². The predicted molar refractivity (Wildman–Crippen MR) is 106 cm³/mol. The average Bonchev–Trinajstić information content (AvgIpc) is 2.22. The van der Waals surface area contributed by atoms with E-state index < -0.39 is 33.8 Å². The summed E-state index contributed by atoms with van der Waals surface area (Å²) in [4.78, 5) is 0. The normalized spacial score (nSPS) is 19.5. The zero-order valence-electron chi connectivity index (χ0n) is 16.3. The summed E-state index contributed by atoms with van der Waals surface area (Å²) in [5.74, 6) is 0. The van der Waals surface area contributed by atoms with Crippen LogP contribution in [0, 0.1) is 0 Å². The number of rotatable bonds is 7. The first-order valence-electron chi connectivity index (χ1n) is 8.83. The van der Waals surface area contributed by atoms with Crippen molar-refractivity contribution in [1.82, 2.24) is 0 Å². The van der Waals surface area contributed by atoms with Crippen LogP contribution in [0.1, 0.15) is 32.1 Å². The molecule has 1 fully saturated rings. The Hall–Kier alpha value is 0.748. The van der Waals surface area contributed by atoms with Crippen molar-refractivity contribution in [1.29, 1.82) is 0 Å². The number of hydrogen-bond acceptors (Lipinski definition) is 3. The smallest absolute Gasteiger partial charge is 0.417 e. The maximum absolute atomic E-state index is 6.82.